The number of thioether (sulfide) groups is 1. The van der Waals surface area contributed by atoms with Crippen LogP contribution in [0.3, 0.4) is 0 Å². The number of pyridine rings is 1. The van der Waals surface area contributed by atoms with Gasteiger partial charge in [0.2, 0.25) is 5.91 Å². The number of hydrogen-bond acceptors (Lipinski definition) is 5. The average Bonchev–Trinajstić information content (AvgIpc) is 3.22. The van der Waals surface area contributed by atoms with Crippen LogP contribution < -0.4 is 5.32 Å². The van der Waals surface area contributed by atoms with E-state index in [4.69, 9.17) is 11.6 Å². The van der Waals surface area contributed by atoms with Crippen LogP contribution in [0.2, 0.25) is 5.02 Å². The zero-order valence-electron chi connectivity index (χ0n) is 17.3. The highest BCUT2D eigenvalue weighted by Gasteiger charge is 2.16. The maximum absolute atomic E-state index is 12.4. The summed E-state index contributed by atoms with van der Waals surface area (Å²) in [5.41, 5.74) is 3.15. The summed E-state index contributed by atoms with van der Waals surface area (Å²) in [7, 11) is 0. The van der Waals surface area contributed by atoms with Gasteiger partial charge < -0.3 is 5.32 Å². The van der Waals surface area contributed by atoms with E-state index in [-0.39, 0.29) is 11.7 Å². The largest absolute Gasteiger partial charge is 0.355 e. The molecule has 2 aromatic heterocycles. The molecule has 0 fully saturated rings. The van der Waals surface area contributed by atoms with Gasteiger partial charge >= 0.3 is 0 Å². The molecule has 0 atom stereocenters. The Labute approximate surface area is 196 Å². The Hall–Kier alpha value is -3.16. The summed E-state index contributed by atoms with van der Waals surface area (Å²) in [4.78, 5) is 16.6. The van der Waals surface area contributed by atoms with Crippen molar-refractivity contribution in [2.75, 3.05) is 12.3 Å². The summed E-state index contributed by atoms with van der Waals surface area (Å²) in [5.74, 6) is 0.953. The van der Waals surface area contributed by atoms with Crippen molar-refractivity contribution in [1.29, 1.82) is 0 Å². The summed E-state index contributed by atoms with van der Waals surface area (Å²) < 4.78 is 2.03. The van der Waals surface area contributed by atoms with E-state index >= 15 is 0 Å². The van der Waals surface area contributed by atoms with E-state index in [0.717, 1.165) is 28.9 Å². The van der Waals surface area contributed by atoms with E-state index < -0.39 is 0 Å². The predicted molar refractivity (Wildman–Crippen MR) is 128 cm³/mol. The van der Waals surface area contributed by atoms with Gasteiger partial charge in [-0.25, -0.2) is 0 Å². The fourth-order valence-electron chi connectivity index (χ4n) is 3.19. The molecule has 2 heterocycles. The lowest BCUT2D eigenvalue weighted by atomic mass is 10.1. The van der Waals surface area contributed by atoms with Crippen molar-refractivity contribution >= 4 is 29.3 Å². The number of rotatable bonds is 9. The monoisotopic (exact) mass is 463 g/mol. The van der Waals surface area contributed by atoms with Crippen LogP contribution in [-0.2, 0) is 17.8 Å². The summed E-state index contributed by atoms with van der Waals surface area (Å²) in [6.45, 7) is 1.18. The van der Waals surface area contributed by atoms with Crippen LogP contribution in [0.15, 0.2) is 84.3 Å². The summed E-state index contributed by atoms with van der Waals surface area (Å²) in [6.07, 6.45) is 4.25. The molecule has 2 aromatic carbocycles. The zero-order chi connectivity index (χ0) is 22.2. The van der Waals surface area contributed by atoms with Gasteiger partial charge in [0.1, 0.15) is 0 Å². The Morgan fingerprint density at radius 1 is 0.969 bits per heavy atom. The fourth-order valence-corrected chi connectivity index (χ4v) is 4.08. The molecule has 1 amide bonds. The van der Waals surface area contributed by atoms with Crippen LogP contribution in [-0.4, -0.2) is 38.0 Å². The highest BCUT2D eigenvalue weighted by Crippen LogP contribution is 2.24. The van der Waals surface area contributed by atoms with E-state index in [1.54, 1.807) is 12.4 Å². The number of halogens is 1. The predicted octanol–water partition coefficient (Wildman–Crippen LogP) is 4.49. The number of amides is 1. The van der Waals surface area contributed by atoms with Crippen molar-refractivity contribution in [1.82, 2.24) is 25.1 Å². The molecule has 0 aliphatic heterocycles. The third-order valence-electron chi connectivity index (χ3n) is 4.80. The second kappa shape index (κ2) is 10.9. The van der Waals surface area contributed by atoms with Crippen LogP contribution in [0.5, 0.6) is 0 Å². The molecule has 8 heteroatoms. The number of carbonyl (C=O) groups excluding carboxylic acids is 1. The van der Waals surface area contributed by atoms with E-state index in [2.05, 4.69) is 32.6 Å². The molecule has 0 aliphatic rings. The van der Waals surface area contributed by atoms with Crippen LogP contribution in [0.4, 0.5) is 0 Å². The number of carbonyl (C=O) groups is 1. The highest BCUT2D eigenvalue weighted by atomic mass is 35.5. The van der Waals surface area contributed by atoms with E-state index in [9.17, 15) is 4.79 Å². The number of aromatic nitrogens is 4. The van der Waals surface area contributed by atoms with Crippen molar-refractivity contribution in [2.45, 2.75) is 18.1 Å². The van der Waals surface area contributed by atoms with Crippen molar-refractivity contribution in [3.05, 3.63) is 95.3 Å². The van der Waals surface area contributed by atoms with Gasteiger partial charge in [0, 0.05) is 29.5 Å². The molecule has 162 valence electrons. The Morgan fingerprint density at radius 3 is 2.53 bits per heavy atom. The quantitative estimate of drug-likeness (QED) is 0.370. The zero-order valence-corrected chi connectivity index (χ0v) is 18.9. The normalized spacial score (nSPS) is 10.8. The van der Waals surface area contributed by atoms with E-state index in [1.807, 2.05) is 59.2 Å². The van der Waals surface area contributed by atoms with Crippen LogP contribution in [0, 0.1) is 0 Å². The van der Waals surface area contributed by atoms with Gasteiger partial charge in [0.15, 0.2) is 11.0 Å². The van der Waals surface area contributed by atoms with Crippen molar-refractivity contribution in [3.63, 3.8) is 0 Å². The maximum atomic E-state index is 12.4. The second-order valence-corrected chi connectivity index (χ2v) is 8.51. The topological polar surface area (TPSA) is 72.7 Å². The van der Waals surface area contributed by atoms with Crippen LogP contribution in [0.1, 0.15) is 11.1 Å². The Kier molecular flexibility index (Phi) is 7.53. The van der Waals surface area contributed by atoms with Gasteiger partial charge in [-0.05, 0) is 41.8 Å². The molecular formula is C24H22ClN5OS. The van der Waals surface area contributed by atoms with Gasteiger partial charge in [0.05, 0.1) is 12.3 Å². The molecule has 0 spiro atoms. The van der Waals surface area contributed by atoms with Gasteiger partial charge in [-0.3, -0.25) is 14.3 Å². The number of nitrogens with one attached hydrogen (secondary N) is 1. The van der Waals surface area contributed by atoms with Gasteiger partial charge in [-0.2, -0.15) is 0 Å². The second-order valence-electron chi connectivity index (χ2n) is 7.13. The first kappa shape index (κ1) is 22.0. The summed E-state index contributed by atoms with van der Waals surface area (Å²) in [6, 6.07) is 21.6. The molecule has 6 nitrogen and oxygen atoms in total. The SMILES string of the molecule is O=C(CSc1nnc(-c2cccnc2)n1Cc1ccccc1)NCCc1ccc(Cl)cc1. The number of benzene rings is 2. The molecule has 1 N–H and O–H groups in total. The molecule has 0 unspecified atom stereocenters. The Balaban J connectivity index is 1.40. The van der Waals surface area contributed by atoms with Gasteiger partial charge in [-0.15, -0.1) is 10.2 Å². The number of hydrogen-bond donors (Lipinski definition) is 1. The van der Waals surface area contributed by atoms with Crippen LogP contribution in [0.25, 0.3) is 11.4 Å². The molecule has 32 heavy (non-hydrogen) atoms. The minimum atomic E-state index is -0.0406. The third kappa shape index (κ3) is 5.96. The molecule has 0 saturated carbocycles. The third-order valence-corrected chi connectivity index (χ3v) is 6.02. The van der Waals surface area contributed by atoms with Gasteiger partial charge in [0.25, 0.3) is 0 Å². The van der Waals surface area contributed by atoms with E-state index in [1.165, 1.54) is 11.8 Å². The molecular weight excluding hydrogens is 442 g/mol. The molecule has 4 rings (SSSR count). The molecule has 4 aromatic rings. The van der Waals surface area contributed by atoms with Crippen molar-refractivity contribution in [2.24, 2.45) is 0 Å². The first-order valence-corrected chi connectivity index (χ1v) is 11.6. The molecule has 0 radical (unpaired) electrons. The van der Waals surface area contributed by atoms with Crippen LogP contribution >= 0.6 is 23.4 Å². The first-order valence-electron chi connectivity index (χ1n) is 10.2. The lowest BCUT2D eigenvalue weighted by Crippen LogP contribution is -2.27. The average molecular weight is 464 g/mol. The minimum absolute atomic E-state index is 0.0406. The lowest BCUT2D eigenvalue weighted by molar-refractivity contribution is -0.118. The Morgan fingerprint density at radius 2 is 1.78 bits per heavy atom. The number of nitrogens with zero attached hydrogens (tertiary/aromatic N) is 4. The molecule has 0 bridgehead atoms. The summed E-state index contributed by atoms with van der Waals surface area (Å²) in [5, 5.41) is 13.1. The minimum Gasteiger partial charge on any atom is -0.355 e. The summed E-state index contributed by atoms with van der Waals surface area (Å²) >= 11 is 7.29. The molecule has 0 aliphatic carbocycles. The standard InChI is InChI=1S/C24H22ClN5OS/c25-21-10-8-18(9-11-21)12-14-27-22(31)17-32-24-29-28-23(20-7-4-13-26-15-20)30(24)16-19-5-2-1-3-6-19/h1-11,13,15H,12,14,16-17H2,(H,27,31). The highest BCUT2D eigenvalue weighted by molar-refractivity contribution is 7.99. The smallest absolute Gasteiger partial charge is 0.230 e. The fraction of sp³-hybridized carbons (Fsp3) is 0.167. The molecule has 0 saturated heterocycles. The maximum Gasteiger partial charge on any atom is 0.230 e. The van der Waals surface area contributed by atoms with Gasteiger partial charge in [-0.1, -0.05) is 65.8 Å². The lowest BCUT2D eigenvalue weighted by Gasteiger charge is -2.10. The van der Waals surface area contributed by atoms with Crippen molar-refractivity contribution in [3.8, 4) is 11.4 Å². The first-order chi connectivity index (χ1) is 15.7. The van der Waals surface area contributed by atoms with E-state index in [0.29, 0.717) is 23.3 Å². The Bertz CT molecular complexity index is 1150. The van der Waals surface area contributed by atoms with Crippen molar-refractivity contribution < 1.29 is 4.79 Å².